The highest BCUT2D eigenvalue weighted by molar-refractivity contribution is 9.10. The maximum atomic E-state index is 13.6. The zero-order valence-corrected chi connectivity index (χ0v) is 26.2. The molecule has 1 aliphatic heterocycles. The zero-order valence-electron chi connectivity index (χ0n) is 23.0. The summed E-state index contributed by atoms with van der Waals surface area (Å²) in [5, 5.41) is 22.7. The number of aliphatic hydroxyl groups excluding tert-OH is 1. The average Bonchev–Trinajstić information content (AvgIpc) is 3.60. The molecule has 1 atom stereocenters. The number of aliphatic hydroxyl groups is 1. The third-order valence-electron chi connectivity index (χ3n) is 7.10. The number of halogens is 1. The van der Waals surface area contributed by atoms with Gasteiger partial charge in [-0.05, 0) is 52.2 Å². The van der Waals surface area contributed by atoms with Gasteiger partial charge in [0.15, 0.2) is 15.8 Å². The van der Waals surface area contributed by atoms with Crippen LogP contribution in [0, 0.1) is 0 Å². The van der Waals surface area contributed by atoms with Crippen molar-refractivity contribution in [1.82, 2.24) is 10.2 Å². The molecule has 2 heterocycles. The van der Waals surface area contributed by atoms with Crippen LogP contribution < -0.4 is 14.4 Å². The summed E-state index contributed by atoms with van der Waals surface area (Å²) >= 11 is 6.22. The van der Waals surface area contributed by atoms with Gasteiger partial charge in [-0.1, -0.05) is 93.6 Å². The van der Waals surface area contributed by atoms with Gasteiger partial charge in [0.2, 0.25) is 5.13 Å². The highest BCUT2D eigenvalue weighted by atomic mass is 79.9. The molecule has 43 heavy (non-hydrogen) atoms. The first-order chi connectivity index (χ1) is 20.9. The highest BCUT2D eigenvalue weighted by Gasteiger charge is 2.48. The van der Waals surface area contributed by atoms with Gasteiger partial charge in [-0.15, -0.1) is 10.2 Å². The molecule has 8 nitrogen and oxygen atoms in total. The minimum absolute atomic E-state index is 0.0597. The smallest absolute Gasteiger partial charge is 0.301 e. The molecular formula is C32H24BrN3O5S2. The largest absolute Gasteiger partial charge is 0.507 e. The Morgan fingerprint density at radius 2 is 1.72 bits per heavy atom. The predicted octanol–water partition coefficient (Wildman–Crippen LogP) is 7.39. The second kappa shape index (κ2) is 12.2. The van der Waals surface area contributed by atoms with Crippen molar-refractivity contribution in [3.63, 3.8) is 0 Å². The van der Waals surface area contributed by atoms with E-state index < -0.39 is 17.7 Å². The van der Waals surface area contributed by atoms with Crippen LogP contribution in [0.2, 0.25) is 0 Å². The third kappa shape index (κ3) is 5.51. The van der Waals surface area contributed by atoms with E-state index in [1.54, 1.807) is 24.3 Å². The number of methoxy groups -OCH3 is 2. The molecule has 1 fully saturated rings. The van der Waals surface area contributed by atoms with Crippen LogP contribution in [-0.4, -0.2) is 41.2 Å². The first-order valence-electron chi connectivity index (χ1n) is 13.1. The average molecular weight is 675 g/mol. The van der Waals surface area contributed by atoms with Crippen molar-refractivity contribution >= 4 is 72.4 Å². The fourth-order valence-corrected chi connectivity index (χ4v) is 7.37. The Morgan fingerprint density at radius 3 is 2.51 bits per heavy atom. The first kappa shape index (κ1) is 28.9. The minimum Gasteiger partial charge on any atom is -0.507 e. The fourth-order valence-electron chi connectivity index (χ4n) is 5.08. The summed E-state index contributed by atoms with van der Waals surface area (Å²) in [5.41, 5.74) is 2.02. The lowest BCUT2D eigenvalue weighted by atomic mass is 9.95. The van der Waals surface area contributed by atoms with Crippen LogP contribution >= 0.6 is 39.0 Å². The predicted molar refractivity (Wildman–Crippen MR) is 172 cm³/mol. The summed E-state index contributed by atoms with van der Waals surface area (Å²) in [6.07, 6.45) is 0. The number of benzene rings is 4. The summed E-state index contributed by atoms with van der Waals surface area (Å²) in [5.74, 6) is -0.460. The number of rotatable bonds is 8. The molecule has 6 rings (SSSR count). The van der Waals surface area contributed by atoms with Crippen molar-refractivity contribution in [2.75, 3.05) is 19.1 Å². The van der Waals surface area contributed by atoms with Gasteiger partial charge in [0, 0.05) is 15.8 Å². The van der Waals surface area contributed by atoms with E-state index in [2.05, 4.69) is 50.4 Å². The molecule has 0 bridgehead atoms. The molecular weight excluding hydrogens is 650 g/mol. The molecule has 1 N–H and O–H groups in total. The second-order valence-electron chi connectivity index (χ2n) is 9.57. The van der Waals surface area contributed by atoms with Crippen molar-refractivity contribution in [3.8, 4) is 11.5 Å². The molecule has 1 aliphatic rings. The normalized spacial score (nSPS) is 16.2. The Bertz CT molecular complexity index is 1900. The lowest BCUT2D eigenvalue weighted by Gasteiger charge is -2.22. The van der Waals surface area contributed by atoms with Gasteiger partial charge in [-0.25, -0.2) is 0 Å². The maximum absolute atomic E-state index is 13.6. The summed E-state index contributed by atoms with van der Waals surface area (Å²) in [6.45, 7) is 0. The minimum atomic E-state index is -0.936. The number of Topliss-reactive ketones (excluding diaryl/α,β-unsaturated/α-hetero) is 1. The Kier molecular flexibility index (Phi) is 8.20. The maximum Gasteiger partial charge on any atom is 0.301 e. The zero-order chi connectivity index (χ0) is 30.1. The van der Waals surface area contributed by atoms with E-state index in [0.717, 1.165) is 20.8 Å². The Balaban J connectivity index is 1.38. The van der Waals surface area contributed by atoms with Crippen LogP contribution in [0.15, 0.2) is 99.3 Å². The molecule has 11 heteroatoms. The Hall–Kier alpha value is -4.19. The number of thioether (sulfide) groups is 1. The van der Waals surface area contributed by atoms with E-state index in [-0.39, 0.29) is 16.5 Å². The van der Waals surface area contributed by atoms with Crippen LogP contribution in [0.3, 0.4) is 0 Å². The fraction of sp³-hybridized carbons (Fsp3) is 0.125. The Labute approximate surface area is 264 Å². The number of fused-ring (bicyclic) bond motifs is 1. The summed E-state index contributed by atoms with van der Waals surface area (Å²) in [4.78, 5) is 28.5. The molecule has 1 aromatic heterocycles. The number of hydrogen-bond acceptors (Lipinski definition) is 9. The number of carbonyl (C=O) groups excluding carboxylic acids is 2. The summed E-state index contributed by atoms with van der Waals surface area (Å²) < 4.78 is 12.1. The summed E-state index contributed by atoms with van der Waals surface area (Å²) in [7, 11) is 2.99. The second-order valence-corrected chi connectivity index (χ2v) is 12.7. The van der Waals surface area contributed by atoms with Gasteiger partial charge in [0.1, 0.15) is 5.76 Å². The van der Waals surface area contributed by atoms with Crippen molar-refractivity contribution in [1.29, 1.82) is 0 Å². The van der Waals surface area contributed by atoms with Crippen LogP contribution in [-0.2, 0) is 15.3 Å². The molecule has 0 spiro atoms. The quantitative estimate of drug-likeness (QED) is 0.0598. The van der Waals surface area contributed by atoms with Crippen LogP contribution in [0.25, 0.3) is 16.5 Å². The van der Waals surface area contributed by atoms with Gasteiger partial charge in [0.25, 0.3) is 5.78 Å². The molecule has 0 saturated carbocycles. The molecule has 0 aliphatic carbocycles. The molecule has 1 saturated heterocycles. The number of aromatic nitrogens is 2. The molecule has 0 radical (unpaired) electrons. The SMILES string of the molecule is COc1ccc(/C(O)=C2\C(=O)C(=O)N(c3nnc(SCc4cccc5ccccc45)s3)C2c2cccc(Br)c2)cc1OC. The topological polar surface area (TPSA) is 102 Å². The molecule has 216 valence electrons. The lowest BCUT2D eigenvalue weighted by molar-refractivity contribution is -0.132. The van der Waals surface area contributed by atoms with Crippen molar-refractivity contribution in [3.05, 3.63) is 112 Å². The van der Waals surface area contributed by atoms with Gasteiger partial charge < -0.3 is 14.6 Å². The number of hydrogen-bond donors (Lipinski definition) is 1. The van der Waals surface area contributed by atoms with Gasteiger partial charge in [0.05, 0.1) is 25.8 Å². The van der Waals surface area contributed by atoms with Crippen LogP contribution in [0.4, 0.5) is 5.13 Å². The Morgan fingerprint density at radius 1 is 0.953 bits per heavy atom. The van der Waals surface area contributed by atoms with E-state index in [4.69, 9.17) is 9.47 Å². The molecule has 5 aromatic rings. The molecule has 4 aromatic carbocycles. The summed E-state index contributed by atoms with van der Waals surface area (Å²) in [6, 6.07) is 25.5. The highest BCUT2D eigenvalue weighted by Crippen LogP contribution is 2.45. The van der Waals surface area contributed by atoms with Crippen molar-refractivity contribution in [2.45, 2.75) is 16.1 Å². The van der Waals surface area contributed by atoms with Gasteiger partial charge >= 0.3 is 5.91 Å². The number of amides is 1. The van der Waals surface area contributed by atoms with Crippen LogP contribution in [0.1, 0.15) is 22.7 Å². The third-order valence-corrected chi connectivity index (χ3v) is 9.70. The standard InChI is InChI=1S/C32H24BrN3O5S2/c1-40-24-14-13-20(16-25(24)41-2)28(37)26-27(19-9-6-11-22(33)15-19)36(30(39)29(26)38)31-34-35-32(43-31)42-17-21-10-5-8-18-7-3-4-12-23(18)21/h3-16,27,37H,17H2,1-2H3/b28-26+. The van der Waals surface area contributed by atoms with E-state index in [1.165, 1.54) is 42.2 Å². The first-order valence-corrected chi connectivity index (χ1v) is 15.7. The molecule has 1 amide bonds. The van der Waals surface area contributed by atoms with E-state index >= 15 is 0 Å². The number of ether oxygens (including phenoxy) is 2. The van der Waals surface area contributed by atoms with E-state index in [1.807, 2.05) is 36.4 Å². The van der Waals surface area contributed by atoms with E-state index in [9.17, 15) is 14.7 Å². The molecule has 1 unspecified atom stereocenters. The van der Waals surface area contributed by atoms with Crippen molar-refractivity contribution < 1.29 is 24.2 Å². The number of anilines is 1. The lowest BCUT2D eigenvalue weighted by Crippen LogP contribution is -2.29. The van der Waals surface area contributed by atoms with Crippen LogP contribution in [0.5, 0.6) is 11.5 Å². The monoisotopic (exact) mass is 673 g/mol. The number of ketones is 1. The van der Waals surface area contributed by atoms with Gasteiger partial charge in [-0.3, -0.25) is 14.5 Å². The number of carbonyl (C=O) groups is 2. The van der Waals surface area contributed by atoms with E-state index in [0.29, 0.717) is 32.7 Å². The van der Waals surface area contributed by atoms with Gasteiger partial charge in [-0.2, -0.15) is 0 Å². The number of nitrogens with zero attached hydrogens (tertiary/aromatic N) is 3. The van der Waals surface area contributed by atoms with Crippen molar-refractivity contribution in [2.24, 2.45) is 0 Å².